The molecule has 2 aliphatic rings. The molecule has 0 amide bonds. The summed E-state index contributed by atoms with van der Waals surface area (Å²) in [6, 6.07) is -2.09. The average molecular weight is 1070 g/mol. The van der Waals surface area contributed by atoms with Crippen molar-refractivity contribution in [3.63, 3.8) is 0 Å². The summed E-state index contributed by atoms with van der Waals surface area (Å²) >= 11 is 0. The van der Waals surface area contributed by atoms with Gasteiger partial charge in [0.05, 0.1) is 0 Å². The molecule has 70 heavy (non-hydrogen) atoms. The van der Waals surface area contributed by atoms with E-state index in [1.165, 1.54) is 0 Å². The molecule has 0 fully saturated rings. The van der Waals surface area contributed by atoms with Crippen molar-refractivity contribution in [3.8, 4) is 0 Å². The van der Waals surface area contributed by atoms with Gasteiger partial charge < -0.3 is 0 Å². The van der Waals surface area contributed by atoms with Crippen molar-refractivity contribution in [1.82, 2.24) is 0 Å². The molecule has 4 nitrogen and oxygen atoms in total. The van der Waals surface area contributed by atoms with Crippen LogP contribution >= 0.6 is 7.06 Å². The Kier molecular flexibility index (Phi) is 11.4. The maximum atomic E-state index is 16.3. The summed E-state index contributed by atoms with van der Waals surface area (Å²) in [5.41, 5.74) is -35.8. The molecular formula is C37H8BF27O4P-. The Morgan fingerprint density at radius 3 is 0.829 bits per heavy atom. The Balaban J connectivity index is 1.88. The van der Waals surface area contributed by atoms with Gasteiger partial charge in [0, 0.05) is 0 Å². The van der Waals surface area contributed by atoms with Gasteiger partial charge >= 0.3 is 366 Å². The second-order valence-electron chi connectivity index (χ2n) is 14.6. The molecule has 0 radical (unpaired) electrons. The zero-order valence-corrected chi connectivity index (χ0v) is 32.9. The third-order valence-electron chi connectivity index (χ3n) is 11.2. The first-order valence-electron chi connectivity index (χ1n) is 17.7. The van der Waals surface area contributed by atoms with E-state index in [4.69, 9.17) is 0 Å². The number of halogens is 27. The zero-order valence-electron chi connectivity index (χ0n) is 32.0. The molecular weight excluding hydrogens is 1060 g/mol. The van der Waals surface area contributed by atoms with E-state index in [2.05, 4.69) is 13.7 Å². The van der Waals surface area contributed by atoms with Gasteiger partial charge in [-0.3, -0.25) is 0 Å². The van der Waals surface area contributed by atoms with Crippen LogP contribution in [0.3, 0.4) is 0 Å². The molecule has 1 spiro atoms. The Morgan fingerprint density at radius 1 is 0.386 bits per heavy atom. The van der Waals surface area contributed by atoms with Crippen molar-refractivity contribution in [2.75, 3.05) is 0 Å². The summed E-state index contributed by atoms with van der Waals surface area (Å²) in [6.45, 7) is 0. The number of carbonyl (C=O) groups excluding carboxylic acids is 1. The van der Waals surface area contributed by atoms with Gasteiger partial charge in [0.25, 0.3) is 0 Å². The predicted octanol–water partition coefficient (Wildman–Crippen LogP) is 10.6. The number of alkyl halides is 12. The van der Waals surface area contributed by atoms with Crippen molar-refractivity contribution in [3.05, 3.63) is 147 Å². The van der Waals surface area contributed by atoms with Crippen molar-refractivity contribution in [1.29, 1.82) is 0 Å². The number of hydrogen-bond acceptors (Lipinski definition) is 4. The molecule has 0 aliphatic carbocycles. The van der Waals surface area contributed by atoms with E-state index < -0.39 is 205 Å². The zero-order chi connectivity index (χ0) is 53.0. The van der Waals surface area contributed by atoms with Crippen LogP contribution in [0.1, 0.15) is 11.1 Å². The Morgan fingerprint density at radius 2 is 0.600 bits per heavy atom. The normalized spacial score (nSPS) is 17.8. The van der Waals surface area contributed by atoms with E-state index in [1.807, 2.05) is 0 Å². The fraction of sp³-hybridized carbons (Fsp3) is 0.162. The van der Waals surface area contributed by atoms with Crippen molar-refractivity contribution >= 4 is 46.1 Å². The van der Waals surface area contributed by atoms with Gasteiger partial charge in [-0.1, -0.05) is 0 Å². The van der Waals surface area contributed by atoms with Crippen LogP contribution in [0.5, 0.6) is 0 Å². The van der Waals surface area contributed by atoms with Gasteiger partial charge in [-0.15, -0.1) is 0 Å². The molecule has 33 heteroatoms. The Bertz CT molecular complexity index is 2740. The third-order valence-corrected chi connectivity index (χ3v) is 15.8. The third kappa shape index (κ3) is 5.97. The van der Waals surface area contributed by atoms with E-state index in [-0.39, 0.29) is 24.3 Å². The molecule has 0 atom stereocenters. The monoisotopic (exact) mass is 1070 g/mol. The maximum absolute atomic E-state index is 16.3. The van der Waals surface area contributed by atoms with E-state index in [9.17, 15) is 13.2 Å². The standard InChI is InChI=1S/C37H8BF27O4P/c39-16-13(17(40)23(46)28(51)22(16)45)38(14-18(41)24(47)29(52)25(48)19(14)42,15-20(43)26(49)30(53)27(50)21(15)44)67-31(66)70(11-7-3-1-5-9(11)32(68-70,34(54,55)56)35(57,58)59)12-8-4-2-6-10(12)33(69-70,36(60,61)62)37(63,64)65/h1-8H/q-1. The number of hydrogen-bond donors (Lipinski definition) is 0. The number of rotatable bonds is 5. The second kappa shape index (κ2) is 15.3. The van der Waals surface area contributed by atoms with E-state index in [0.29, 0.717) is 0 Å². The molecule has 378 valence electrons. The first kappa shape index (κ1) is 51.9. The molecule has 2 aliphatic heterocycles. The number of carbonyl (C=O) groups is 1. The first-order chi connectivity index (χ1) is 31.9. The van der Waals surface area contributed by atoms with Crippen LogP contribution in [0.2, 0.25) is 0 Å². The number of fused-ring (bicyclic) bond motifs is 4. The molecule has 7 rings (SSSR count). The average Bonchev–Trinajstić information content (AvgIpc) is 3.74. The van der Waals surface area contributed by atoms with Gasteiger partial charge in [-0.05, 0) is 0 Å². The van der Waals surface area contributed by atoms with Gasteiger partial charge in [0.2, 0.25) is 0 Å². The van der Waals surface area contributed by atoms with Gasteiger partial charge in [0.15, 0.2) is 0 Å². The van der Waals surface area contributed by atoms with Crippen LogP contribution < -0.4 is 27.0 Å². The molecule has 0 N–H and O–H groups in total. The minimum absolute atomic E-state index is 0.0103. The fourth-order valence-electron chi connectivity index (χ4n) is 8.42. The summed E-state index contributed by atoms with van der Waals surface area (Å²) in [5, 5.41) is -5.62. The SMILES string of the molecule is O=C(O[B-](c1c(F)c(F)c(F)c(F)c1F)(c1c(F)c(F)c(F)c(F)c1F)c1c(F)c(F)c(F)c(F)c1F)P12(OC(C(F)(F)F)(C(F)(F)F)c3ccccc31)OC(C(F)(F)F)(C(F)(F)F)c1ccccc12. The van der Waals surface area contributed by atoms with Gasteiger partial charge in [-0.2, -0.15) is 0 Å². The Hall–Kier alpha value is -5.91. The molecule has 0 saturated carbocycles. The summed E-state index contributed by atoms with van der Waals surface area (Å²) < 4.78 is 431. The van der Waals surface area contributed by atoms with E-state index >= 15 is 110 Å². The van der Waals surface area contributed by atoms with Crippen molar-refractivity contribution in [2.24, 2.45) is 0 Å². The van der Waals surface area contributed by atoms with E-state index in [0.717, 1.165) is 0 Å². The van der Waals surface area contributed by atoms with Crippen LogP contribution in [0.4, 0.5) is 123 Å². The van der Waals surface area contributed by atoms with Crippen molar-refractivity contribution < 1.29 is 137 Å². The van der Waals surface area contributed by atoms with Crippen LogP contribution in [0.25, 0.3) is 0 Å². The summed E-state index contributed by atoms with van der Waals surface area (Å²) in [6.07, 6.45) is -38.0. The van der Waals surface area contributed by atoms with Gasteiger partial charge in [-0.25, -0.2) is 0 Å². The molecule has 0 unspecified atom stereocenters. The molecule has 5 aromatic rings. The van der Waals surface area contributed by atoms with Crippen LogP contribution in [-0.2, 0) is 24.9 Å². The van der Waals surface area contributed by atoms with Crippen molar-refractivity contribution in [2.45, 2.75) is 35.9 Å². The molecule has 2 heterocycles. The minimum atomic E-state index is -9.72. The van der Waals surface area contributed by atoms with Crippen LogP contribution in [0, 0.1) is 87.3 Å². The summed E-state index contributed by atoms with van der Waals surface area (Å²) in [4.78, 5) is 15.5. The summed E-state index contributed by atoms with van der Waals surface area (Å²) in [5.74, 6) is -58.4. The Labute approximate surface area is 366 Å². The van der Waals surface area contributed by atoms with Gasteiger partial charge in [0.1, 0.15) is 0 Å². The number of benzene rings is 5. The molecule has 0 aromatic heterocycles. The topological polar surface area (TPSA) is 44.8 Å². The summed E-state index contributed by atoms with van der Waals surface area (Å²) in [7, 11) is -9.72. The van der Waals surface area contributed by atoms with Crippen LogP contribution in [-0.4, -0.2) is 36.8 Å². The molecule has 5 aromatic carbocycles. The first-order valence-corrected chi connectivity index (χ1v) is 19.8. The quantitative estimate of drug-likeness (QED) is 0.0579. The van der Waals surface area contributed by atoms with Crippen LogP contribution in [0.15, 0.2) is 48.5 Å². The fourth-order valence-corrected chi connectivity index (χ4v) is 13.7. The molecule has 0 saturated heterocycles. The predicted molar refractivity (Wildman–Crippen MR) is 179 cm³/mol. The second-order valence-corrected chi connectivity index (χ2v) is 18.3. The molecule has 0 bridgehead atoms. The van der Waals surface area contributed by atoms with E-state index in [1.54, 1.807) is 0 Å².